The van der Waals surface area contributed by atoms with Crippen LogP contribution in [0, 0.1) is 11.3 Å². The molecule has 1 fully saturated rings. The number of rotatable bonds is 8. The van der Waals surface area contributed by atoms with Crippen molar-refractivity contribution in [3.63, 3.8) is 0 Å². The molecular formula is C22H28ClNO6S. The van der Waals surface area contributed by atoms with Crippen LogP contribution in [0.5, 0.6) is 0 Å². The molecular weight excluding hydrogens is 442 g/mol. The van der Waals surface area contributed by atoms with Crippen molar-refractivity contribution in [2.24, 2.45) is 11.3 Å². The Morgan fingerprint density at radius 3 is 2.65 bits per heavy atom. The van der Waals surface area contributed by atoms with Gasteiger partial charge in [-0.3, -0.25) is 4.79 Å². The van der Waals surface area contributed by atoms with Crippen LogP contribution in [-0.4, -0.2) is 46.8 Å². The fraction of sp³-hybridized carbons (Fsp3) is 0.500. The van der Waals surface area contributed by atoms with Gasteiger partial charge in [-0.2, -0.15) is 8.42 Å². The fourth-order valence-electron chi connectivity index (χ4n) is 3.58. The van der Waals surface area contributed by atoms with Gasteiger partial charge in [0.05, 0.1) is 24.3 Å². The fourth-order valence-corrected chi connectivity index (χ4v) is 5.01. The lowest BCUT2D eigenvalue weighted by Crippen LogP contribution is -2.43. The quantitative estimate of drug-likeness (QED) is 0.460. The van der Waals surface area contributed by atoms with E-state index >= 15 is 0 Å². The SMILES string of the molecule is CCOC(=O)C1(C)C=CC(OS(=O)(=O)c2ccccc2Cl)=CC1OCC1CCNCC1. The second-order valence-corrected chi connectivity index (χ2v) is 9.74. The average Bonchev–Trinajstić information content (AvgIpc) is 2.75. The van der Waals surface area contributed by atoms with Gasteiger partial charge in [0.1, 0.15) is 16.1 Å². The van der Waals surface area contributed by atoms with E-state index in [4.69, 9.17) is 25.3 Å². The van der Waals surface area contributed by atoms with Crippen LogP contribution in [0.4, 0.5) is 0 Å². The van der Waals surface area contributed by atoms with E-state index in [0.29, 0.717) is 12.5 Å². The molecule has 1 aliphatic carbocycles. The van der Waals surface area contributed by atoms with Gasteiger partial charge in [0.15, 0.2) is 0 Å². The number of hydrogen-bond donors (Lipinski definition) is 1. The van der Waals surface area contributed by atoms with E-state index in [2.05, 4.69) is 5.32 Å². The van der Waals surface area contributed by atoms with Gasteiger partial charge in [-0.05, 0) is 70.0 Å². The van der Waals surface area contributed by atoms with Gasteiger partial charge in [0.2, 0.25) is 0 Å². The molecule has 1 saturated heterocycles. The Balaban J connectivity index is 1.82. The predicted octanol–water partition coefficient (Wildman–Crippen LogP) is 3.45. The van der Waals surface area contributed by atoms with Crippen LogP contribution in [0.25, 0.3) is 0 Å². The van der Waals surface area contributed by atoms with E-state index in [1.54, 1.807) is 32.1 Å². The maximum Gasteiger partial charge on any atom is 0.340 e. The predicted molar refractivity (Wildman–Crippen MR) is 117 cm³/mol. The summed E-state index contributed by atoms with van der Waals surface area (Å²) in [6.07, 6.45) is 5.78. The van der Waals surface area contributed by atoms with Gasteiger partial charge in [0, 0.05) is 0 Å². The summed E-state index contributed by atoms with van der Waals surface area (Å²) in [6.45, 7) is 5.99. The third-order valence-electron chi connectivity index (χ3n) is 5.50. The number of carbonyl (C=O) groups is 1. The molecule has 0 saturated carbocycles. The highest BCUT2D eigenvalue weighted by molar-refractivity contribution is 7.87. The van der Waals surface area contributed by atoms with Gasteiger partial charge in [-0.1, -0.05) is 29.8 Å². The van der Waals surface area contributed by atoms with E-state index in [-0.39, 0.29) is 22.3 Å². The Kier molecular flexibility index (Phi) is 7.80. The van der Waals surface area contributed by atoms with Gasteiger partial charge in [-0.25, -0.2) is 0 Å². The Hall–Kier alpha value is -1.87. The van der Waals surface area contributed by atoms with Crippen molar-refractivity contribution in [1.82, 2.24) is 5.32 Å². The molecule has 1 aliphatic heterocycles. The molecule has 0 spiro atoms. The summed E-state index contributed by atoms with van der Waals surface area (Å²) in [7, 11) is -4.15. The maximum absolute atomic E-state index is 12.7. The molecule has 2 atom stereocenters. The molecule has 0 aromatic heterocycles. The number of piperidine rings is 1. The zero-order chi connectivity index (χ0) is 22.5. The third-order valence-corrected chi connectivity index (χ3v) is 7.25. The summed E-state index contributed by atoms with van der Waals surface area (Å²) in [5.74, 6) is -0.00828. The zero-order valence-corrected chi connectivity index (χ0v) is 19.2. The highest BCUT2D eigenvalue weighted by atomic mass is 35.5. The lowest BCUT2D eigenvalue weighted by atomic mass is 9.80. The molecule has 1 heterocycles. The van der Waals surface area contributed by atoms with Crippen molar-refractivity contribution >= 4 is 27.7 Å². The molecule has 1 aromatic rings. The van der Waals surface area contributed by atoms with Crippen molar-refractivity contribution in [1.29, 1.82) is 0 Å². The second kappa shape index (κ2) is 10.2. The lowest BCUT2D eigenvalue weighted by Gasteiger charge is -2.35. The standard InChI is InChI=1S/C22H28ClNO6S/c1-3-28-21(25)22(2)11-8-17(14-20(22)29-15-16-9-12-24-13-10-16)30-31(26,27)19-7-5-4-6-18(19)23/h4-8,11,14,16,20,24H,3,9-10,12-13,15H2,1-2H3. The topological polar surface area (TPSA) is 90.9 Å². The summed E-state index contributed by atoms with van der Waals surface area (Å²) < 4.78 is 42.1. The minimum Gasteiger partial charge on any atom is -0.465 e. The van der Waals surface area contributed by atoms with Gasteiger partial charge >= 0.3 is 16.1 Å². The lowest BCUT2D eigenvalue weighted by molar-refractivity contribution is -0.158. The van der Waals surface area contributed by atoms with Crippen LogP contribution in [0.3, 0.4) is 0 Å². The van der Waals surface area contributed by atoms with Gasteiger partial charge in [-0.15, -0.1) is 0 Å². The van der Waals surface area contributed by atoms with E-state index in [1.807, 2.05) is 0 Å². The van der Waals surface area contributed by atoms with Crippen molar-refractivity contribution in [3.8, 4) is 0 Å². The molecule has 31 heavy (non-hydrogen) atoms. The van der Waals surface area contributed by atoms with E-state index in [0.717, 1.165) is 25.9 Å². The molecule has 2 unspecified atom stereocenters. The summed E-state index contributed by atoms with van der Waals surface area (Å²) in [5.41, 5.74) is -1.09. The molecule has 1 aromatic carbocycles. The number of hydrogen-bond acceptors (Lipinski definition) is 7. The first-order valence-electron chi connectivity index (χ1n) is 10.4. The molecule has 2 aliphatic rings. The highest BCUT2D eigenvalue weighted by Gasteiger charge is 2.43. The molecule has 7 nitrogen and oxygen atoms in total. The normalized spacial score (nSPS) is 24.5. The van der Waals surface area contributed by atoms with Crippen molar-refractivity contribution in [2.75, 3.05) is 26.3 Å². The Labute approximate surface area is 188 Å². The number of ether oxygens (including phenoxy) is 2. The van der Waals surface area contributed by atoms with Crippen LogP contribution >= 0.6 is 11.6 Å². The van der Waals surface area contributed by atoms with Crippen molar-refractivity contribution < 1.29 is 26.9 Å². The molecule has 0 radical (unpaired) electrons. The Morgan fingerprint density at radius 2 is 1.97 bits per heavy atom. The first kappa shape index (κ1) is 23.8. The molecule has 3 rings (SSSR count). The average molecular weight is 470 g/mol. The number of carbonyl (C=O) groups excluding carboxylic acids is 1. The molecule has 1 N–H and O–H groups in total. The highest BCUT2D eigenvalue weighted by Crippen LogP contribution is 2.36. The van der Waals surface area contributed by atoms with Crippen molar-refractivity contribution in [3.05, 3.63) is 53.3 Å². The molecule has 170 valence electrons. The zero-order valence-electron chi connectivity index (χ0n) is 17.7. The number of nitrogens with one attached hydrogen (secondary N) is 1. The summed E-state index contributed by atoms with van der Waals surface area (Å²) in [6, 6.07) is 6.05. The monoisotopic (exact) mass is 469 g/mol. The number of allylic oxidation sites excluding steroid dienone is 1. The first-order valence-corrected chi connectivity index (χ1v) is 12.1. The largest absolute Gasteiger partial charge is 0.465 e. The van der Waals surface area contributed by atoms with Gasteiger partial charge < -0.3 is 19.0 Å². The second-order valence-electron chi connectivity index (χ2n) is 7.82. The van der Waals surface area contributed by atoms with Crippen LogP contribution in [0.2, 0.25) is 5.02 Å². The van der Waals surface area contributed by atoms with Crippen LogP contribution in [0.15, 0.2) is 53.1 Å². The van der Waals surface area contributed by atoms with Crippen molar-refractivity contribution in [2.45, 2.75) is 37.7 Å². The summed E-state index contributed by atoms with van der Waals surface area (Å²) in [4.78, 5) is 12.5. The minimum absolute atomic E-state index is 0.0667. The number of benzene rings is 1. The first-order chi connectivity index (χ1) is 14.8. The smallest absolute Gasteiger partial charge is 0.340 e. The molecule has 0 amide bonds. The van der Waals surface area contributed by atoms with E-state index < -0.39 is 27.6 Å². The molecule has 9 heteroatoms. The van der Waals surface area contributed by atoms with Crippen LogP contribution < -0.4 is 5.32 Å². The van der Waals surface area contributed by atoms with Crippen LogP contribution in [0.1, 0.15) is 26.7 Å². The number of halogens is 1. The summed E-state index contributed by atoms with van der Waals surface area (Å²) in [5, 5.41) is 3.37. The summed E-state index contributed by atoms with van der Waals surface area (Å²) >= 11 is 6.02. The minimum atomic E-state index is -4.15. The Morgan fingerprint density at radius 1 is 1.26 bits per heavy atom. The molecule has 0 bridgehead atoms. The maximum atomic E-state index is 12.7. The number of esters is 1. The Bertz CT molecular complexity index is 955. The van der Waals surface area contributed by atoms with Crippen LogP contribution in [-0.2, 0) is 28.6 Å². The third kappa shape index (κ3) is 5.68. The van der Waals surface area contributed by atoms with E-state index in [9.17, 15) is 13.2 Å². The van der Waals surface area contributed by atoms with E-state index in [1.165, 1.54) is 24.3 Å². The van der Waals surface area contributed by atoms with Gasteiger partial charge in [0.25, 0.3) is 0 Å².